The molecule has 1 heterocycles. The minimum Gasteiger partial charge on any atom is -0.508 e. The Morgan fingerprint density at radius 3 is 2.93 bits per heavy atom. The first-order valence-electron chi connectivity index (χ1n) is 10.1. The highest BCUT2D eigenvalue weighted by Gasteiger charge is 2.55. The van der Waals surface area contributed by atoms with Gasteiger partial charge in [0.25, 0.3) is 0 Å². The molecule has 1 saturated carbocycles. The van der Waals surface area contributed by atoms with Crippen LogP contribution in [0, 0.1) is 11.8 Å². The number of rotatable bonds is 2. The Balaban J connectivity index is 1.55. The highest BCUT2D eigenvalue weighted by molar-refractivity contribution is 5.87. The molecule has 5 nitrogen and oxygen atoms in total. The molecule has 1 fully saturated rings. The number of fused-ring (bicyclic) bond motifs is 7. The summed E-state index contributed by atoms with van der Waals surface area (Å²) in [5.74, 6) is 1.05. The van der Waals surface area contributed by atoms with Crippen LogP contribution in [0.25, 0.3) is 0 Å². The molecule has 0 bridgehead atoms. The molecule has 27 heavy (non-hydrogen) atoms. The second kappa shape index (κ2) is 5.60. The number of H-pyrrole nitrogens is 1. The van der Waals surface area contributed by atoms with E-state index >= 15 is 0 Å². The molecule has 0 amide bonds. The van der Waals surface area contributed by atoms with Crippen LogP contribution < -0.4 is 0 Å². The lowest BCUT2D eigenvalue weighted by Gasteiger charge is -2.49. The van der Waals surface area contributed by atoms with E-state index in [1.165, 1.54) is 11.1 Å². The van der Waals surface area contributed by atoms with Crippen molar-refractivity contribution in [1.82, 2.24) is 10.2 Å². The fourth-order valence-electron chi connectivity index (χ4n) is 6.36. The molecule has 4 atom stereocenters. The average molecular weight is 366 g/mol. The van der Waals surface area contributed by atoms with Crippen molar-refractivity contribution in [1.29, 1.82) is 0 Å². The summed E-state index contributed by atoms with van der Waals surface area (Å²) in [6.45, 7) is 4.37. The molecule has 3 aliphatic rings. The van der Waals surface area contributed by atoms with Crippen molar-refractivity contribution in [2.75, 3.05) is 0 Å². The summed E-state index contributed by atoms with van der Waals surface area (Å²) in [6, 6.07) is 4.22. The Bertz CT molecular complexity index is 947. The van der Waals surface area contributed by atoms with Gasteiger partial charge in [0, 0.05) is 11.0 Å². The van der Waals surface area contributed by atoms with Crippen LogP contribution in [0.5, 0.6) is 5.75 Å². The molecule has 3 unspecified atom stereocenters. The minimum atomic E-state index is -0.903. The molecule has 0 spiro atoms. The Kier molecular flexibility index (Phi) is 3.49. The maximum Gasteiger partial charge on any atom is 0.354 e. The van der Waals surface area contributed by atoms with Gasteiger partial charge in [-0.05, 0) is 79.0 Å². The SMILES string of the molecule is CCc1cc2c(cc1O)CCC1C2CC[C@]2(C)c3n[nH]c(C(=O)O)c3CC12. The highest BCUT2D eigenvalue weighted by Crippen LogP contribution is 2.60. The summed E-state index contributed by atoms with van der Waals surface area (Å²) in [4.78, 5) is 11.6. The standard InChI is InChI=1S/C22H26N2O3/c1-3-11-8-15-12(9-18(11)25)4-5-14-13(15)6-7-22(2)17(14)10-16-19(21(26)27)23-24-20(16)22/h8-9,13-14,17,25H,3-7,10H2,1-2H3,(H,23,24)(H,26,27)/t13?,14?,17?,22-/m0/s1. The lowest BCUT2D eigenvalue weighted by Crippen LogP contribution is -2.43. The molecule has 3 aliphatic carbocycles. The molecule has 3 N–H and O–H groups in total. The van der Waals surface area contributed by atoms with Crippen molar-refractivity contribution in [3.8, 4) is 5.75 Å². The van der Waals surface area contributed by atoms with Crippen molar-refractivity contribution >= 4 is 5.97 Å². The predicted octanol–water partition coefficient (Wildman–Crippen LogP) is 3.95. The van der Waals surface area contributed by atoms with Crippen LogP contribution in [0.4, 0.5) is 0 Å². The van der Waals surface area contributed by atoms with E-state index in [1.807, 2.05) is 6.07 Å². The van der Waals surface area contributed by atoms with E-state index in [-0.39, 0.29) is 11.1 Å². The second-order valence-electron chi connectivity index (χ2n) is 8.84. The zero-order valence-electron chi connectivity index (χ0n) is 15.9. The van der Waals surface area contributed by atoms with Gasteiger partial charge in [-0.2, -0.15) is 5.10 Å². The quantitative estimate of drug-likeness (QED) is 0.751. The topological polar surface area (TPSA) is 86.2 Å². The van der Waals surface area contributed by atoms with Gasteiger partial charge in [-0.3, -0.25) is 5.10 Å². The summed E-state index contributed by atoms with van der Waals surface area (Å²) in [5, 5.41) is 27.0. The van der Waals surface area contributed by atoms with Crippen molar-refractivity contribution in [2.24, 2.45) is 11.8 Å². The third-order valence-electron chi connectivity index (χ3n) is 7.74. The van der Waals surface area contributed by atoms with Crippen molar-refractivity contribution in [3.63, 3.8) is 0 Å². The Hall–Kier alpha value is -2.30. The number of carboxylic acid groups (broad SMARTS) is 1. The number of aromatic amines is 1. The number of carbonyl (C=O) groups is 1. The zero-order valence-corrected chi connectivity index (χ0v) is 15.9. The van der Waals surface area contributed by atoms with Gasteiger partial charge in [0.05, 0.1) is 5.69 Å². The monoisotopic (exact) mass is 366 g/mol. The molecular formula is C22H26N2O3. The van der Waals surface area contributed by atoms with Crippen LogP contribution in [0.3, 0.4) is 0 Å². The van der Waals surface area contributed by atoms with Crippen LogP contribution in [-0.2, 0) is 24.7 Å². The maximum absolute atomic E-state index is 11.6. The van der Waals surface area contributed by atoms with Crippen LogP contribution in [0.15, 0.2) is 12.1 Å². The number of hydrogen-bond acceptors (Lipinski definition) is 3. The predicted molar refractivity (Wildman–Crippen MR) is 101 cm³/mol. The number of benzene rings is 1. The molecule has 0 radical (unpaired) electrons. The number of nitrogens with zero attached hydrogens (tertiary/aromatic N) is 1. The normalized spacial score (nSPS) is 31.0. The van der Waals surface area contributed by atoms with Gasteiger partial charge in [-0.1, -0.05) is 19.9 Å². The number of aromatic carboxylic acids is 1. The van der Waals surface area contributed by atoms with Crippen LogP contribution >= 0.6 is 0 Å². The summed E-state index contributed by atoms with van der Waals surface area (Å²) >= 11 is 0. The maximum atomic E-state index is 11.6. The van der Waals surface area contributed by atoms with Gasteiger partial charge >= 0.3 is 5.97 Å². The van der Waals surface area contributed by atoms with Crippen molar-refractivity contribution < 1.29 is 15.0 Å². The van der Waals surface area contributed by atoms with Gasteiger partial charge in [0.15, 0.2) is 0 Å². The van der Waals surface area contributed by atoms with E-state index in [9.17, 15) is 15.0 Å². The summed E-state index contributed by atoms with van der Waals surface area (Å²) < 4.78 is 0. The van der Waals surface area contributed by atoms with Crippen molar-refractivity contribution in [3.05, 3.63) is 45.8 Å². The number of nitrogens with one attached hydrogen (secondary N) is 1. The van der Waals surface area contributed by atoms with E-state index in [1.54, 1.807) is 0 Å². The second-order valence-corrected chi connectivity index (χ2v) is 8.84. The Labute approximate surface area is 158 Å². The third kappa shape index (κ3) is 2.17. The minimum absolute atomic E-state index is 0.0251. The lowest BCUT2D eigenvalue weighted by molar-refractivity contribution is 0.0687. The molecule has 1 aromatic carbocycles. The average Bonchev–Trinajstić information content (AvgIpc) is 3.19. The van der Waals surface area contributed by atoms with Gasteiger partial charge in [-0.15, -0.1) is 0 Å². The van der Waals surface area contributed by atoms with E-state index in [2.05, 4.69) is 30.1 Å². The largest absolute Gasteiger partial charge is 0.508 e. The lowest BCUT2D eigenvalue weighted by atomic mass is 9.55. The van der Waals surface area contributed by atoms with Crippen LogP contribution in [0.1, 0.15) is 77.5 Å². The zero-order chi connectivity index (χ0) is 18.9. The molecule has 5 heteroatoms. The van der Waals surface area contributed by atoms with Gasteiger partial charge in [-0.25, -0.2) is 4.79 Å². The van der Waals surface area contributed by atoms with Gasteiger partial charge in [0.2, 0.25) is 0 Å². The van der Waals surface area contributed by atoms with E-state index in [0.29, 0.717) is 23.5 Å². The van der Waals surface area contributed by atoms with E-state index < -0.39 is 5.97 Å². The van der Waals surface area contributed by atoms with Crippen LogP contribution in [0.2, 0.25) is 0 Å². The van der Waals surface area contributed by atoms with E-state index in [0.717, 1.165) is 55.3 Å². The first-order chi connectivity index (χ1) is 12.9. The first-order valence-corrected chi connectivity index (χ1v) is 10.1. The number of phenolic OH excluding ortho intramolecular Hbond substituents is 1. The van der Waals surface area contributed by atoms with Crippen molar-refractivity contribution in [2.45, 2.75) is 63.7 Å². The third-order valence-corrected chi connectivity index (χ3v) is 7.74. The number of aromatic nitrogens is 2. The van der Waals surface area contributed by atoms with Gasteiger partial charge < -0.3 is 10.2 Å². The molecule has 5 rings (SSSR count). The van der Waals surface area contributed by atoms with Gasteiger partial charge in [0.1, 0.15) is 11.4 Å². The number of aromatic hydroxyl groups is 1. The Morgan fingerprint density at radius 2 is 2.19 bits per heavy atom. The molecular weight excluding hydrogens is 340 g/mol. The number of phenols is 1. The summed E-state index contributed by atoms with van der Waals surface area (Å²) in [6.07, 6.45) is 5.91. The molecule has 2 aromatic rings. The van der Waals surface area contributed by atoms with Crippen LogP contribution in [-0.4, -0.2) is 26.4 Å². The Morgan fingerprint density at radius 1 is 1.37 bits per heavy atom. The summed E-state index contributed by atoms with van der Waals surface area (Å²) in [5.41, 5.74) is 5.95. The number of carboxylic acids is 1. The molecule has 0 aliphatic heterocycles. The molecule has 142 valence electrons. The fourth-order valence-corrected chi connectivity index (χ4v) is 6.36. The summed E-state index contributed by atoms with van der Waals surface area (Å²) in [7, 11) is 0. The smallest absolute Gasteiger partial charge is 0.354 e. The molecule has 0 saturated heterocycles. The number of aryl methyl sites for hydroxylation is 2. The van der Waals surface area contributed by atoms with E-state index in [4.69, 9.17) is 0 Å². The fraction of sp³-hybridized carbons (Fsp3) is 0.545. The highest BCUT2D eigenvalue weighted by atomic mass is 16.4. The molecule has 1 aromatic heterocycles. The first kappa shape index (κ1) is 16.8. The number of hydrogen-bond donors (Lipinski definition) is 3.